The zero-order valence-electron chi connectivity index (χ0n) is 12.6. The molecule has 0 unspecified atom stereocenters. The summed E-state index contributed by atoms with van der Waals surface area (Å²) >= 11 is 0. The Hall–Kier alpha value is -2.67. The van der Waals surface area contributed by atoms with E-state index in [0.29, 0.717) is 36.0 Å². The highest BCUT2D eigenvalue weighted by Gasteiger charge is 2.16. The number of nitrogens with zero attached hydrogens (tertiary/aromatic N) is 5. The van der Waals surface area contributed by atoms with Crippen LogP contribution < -0.4 is 10.4 Å². The van der Waals surface area contributed by atoms with Crippen molar-refractivity contribution in [3.05, 3.63) is 42.2 Å². The molecular formula is C15H18N6O. The van der Waals surface area contributed by atoms with E-state index in [1.54, 1.807) is 4.57 Å². The molecule has 2 aromatic heterocycles. The molecular weight excluding hydrogens is 280 g/mol. The van der Waals surface area contributed by atoms with Crippen LogP contribution in [0.3, 0.4) is 0 Å². The van der Waals surface area contributed by atoms with Gasteiger partial charge in [-0.1, -0.05) is 30.3 Å². The van der Waals surface area contributed by atoms with Gasteiger partial charge in [-0.3, -0.25) is 9.77 Å². The van der Waals surface area contributed by atoms with Gasteiger partial charge in [0, 0.05) is 20.1 Å². The van der Waals surface area contributed by atoms with Gasteiger partial charge in [0.25, 0.3) is 0 Å². The first-order chi connectivity index (χ1) is 10.7. The van der Waals surface area contributed by atoms with Gasteiger partial charge in [0.05, 0.1) is 0 Å². The summed E-state index contributed by atoms with van der Waals surface area (Å²) in [5, 5.41) is 14.3. The first-order valence-electron chi connectivity index (χ1n) is 7.12. The lowest BCUT2D eigenvalue weighted by Gasteiger charge is -2.12. The molecule has 3 aromatic rings. The van der Waals surface area contributed by atoms with E-state index >= 15 is 0 Å². The number of aromatic nitrogens is 4. The molecule has 7 nitrogen and oxygen atoms in total. The molecule has 0 aliphatic heterocycles. The van der Waals surface area contributed by atoms with Crippen molar-refractivity contribution in [2.75, 3.05) is 16.9 Å². The molecule has 0 spiro atoms. The second kappa shape index (κ2) is 5.98. The lowest BCUT2D eigenvalue weighted by atomic mass is 10.2. The number of benzene rings is 1. The minimum Gasteiger partial charge on any atom is -0.364 e. The zero-order chi connectivity index (χ0) is 15.5. The number of aryl methyl sites for hydroxylation is 1. The molecule has 3 rings (SSSR count). The molecule has 1 aromatic carbocycles. The Morgan fingerprint density at radius 3 is 2.73 bits per heavy atom. The summed E-state index contributed by atoms with van der Waals surface area (Å²) in [5.41, 5.74) is 2.47. The number of nitrogens with one attached hydrogen (secondary N) is 1. The largest absolute Gasteiger partial charge is 0.364 e. The zero-order valence-corrected chi connectivity index (χ0v) is 12.6. The molecule has 0 amide bonds. The summed E-state index contributed by atoms with van der Waals surface area (Å²) < 4.78 is 1.74. The number of hydroxylamine groups is 1. The molecule has 0 atom stereocenters. The van der Waals surface area contributed by atoms with Gasteiger partial charge in [-0.05, 0) is 12.5 Å². The number of hydrogen-bond acceptors (Lipinski definition) is 6. The van der Waals surface area contributed by atoms with Crippen LogP contribution in [-0.2, 0) is 13.6 Å². The lowest BCUT2D eigenvalue weighted by Crippen LogP contribution is -2.20. The Bertz CT molecular complexity index is 770. The van der Waals surface area contributed by atoms with Crippen LogP contribution >= 0.6 is 0 Å². The smallest absolute Gasteiger partial charge is 0.231 e. The molecule has 7 heteroatoms. The first-order valence-corrected chi connectivity index (χ1v) is 7.12. The van der Waals surface area contributed by atoms with Crippen molar-refractivity contribution in [2.24, 2.45) is 7.05 Å². The second-order valence-corrected chi connectivity index (χ2v) is 4.92. The highest BCUT2D eigenvalue weighted by Crippen LogP contribution is 2.23. The summed E-state index contributed by atoms with van der Waals surface area (Å²) in [6.07, 6.45) is 1.49. The standard InChI is InChI=1S/C15H18N6O/c1-3-21(22)15-19-12-13(17-10-18-14(12)20(15)2)16-9-11-7-5-4-6-8-11/h4-8,10,22H,3,9H2,1-2H3,(H,16,17,18). The van der Waals surface area contributed by atoms with Crippen molar-refractivity contribution in [1.29, 1.82) is 0 Å². The van der Waals surface area contributed by atoms with E-state index < -0.39 is 0 Å². The molecule has 0 saturated heterocycles. The van der Waals surface area contributed by atoms with Crippen molar-refractivity contribution >= 4 is 22.9 Å². The lowest BCUT2D eigenvalue weighted by molar-refractivity contribution is 0.251. The van der Waals surface area contributed by atoms with Gasteiger partial charge < -0.3 is 5.32 Å². The molecule has 0 saturated carbocycles. The van der Waals surface area contributed by atoms with Crippen LogP contribution in [-0.4, -0.2) is 31.3 Å². The Labute approximate surface area is 128 Å². The summed E-state index contributed by atoms with van der Waals surface area (Å²) in [4.78, 5) is 13.0. The maximum absolute atomic E-state index is 9.89. The van der Waals surface area contributed by atoms with Crippen LogP contribution in [0.1, 0.15) is 12.5 Å². The normalized spacial score (nSPS) is 10.9. The van der Waals surface area contributed by atoms with Crippen LogP contribution in [0, 0.1) is 0 Å². The van der Waals surface area contributed by atoms with E-state index in [9.17, 15) is 5.21 Å². The summed E-state index contributed by atoms with van der Waals surface area (Å²) in [5.74, 6) is 1.10. The van der Waals surface area contributed by atoms with Crippen LogP contribution in [0.5, 0.6) is 0 Å². The van der Waals surface area contributed by atoms with Gasteiger partial charge in [0.15, 0.2) is 17.0 Å². The van der Waals surface area contributed by atoms with Crippen LogP contribution in [0.15, 0.2) is 36.7 Å². The molecule has 2 N–H and O–H groups in total. The van der Waals surface area contributed by atoms with Gasteiger partial charge in [-0.15, -0.1) is 0 Å². The third-order valence-electron chi connectivity index (χ3n) is 3.47. The highest BCUT2D eigenvalue weighted by molar-refractivity contribution is 5.85. The van der Waals surface area contributed by atoms with Gasteiger partial charge in [-0.2, -0.15) is 0 Å². The Morgan fingerprint density at radius 2 is 2.00 bits per heavy atom. The monoisotopic (exact) mass is 298 g/mol. The van der Waals surface area contributed by atoms with E-state index in [-0.39, 0.29) is 0 Å². The number of fused-ring (bicyclic) bond motifs is 1. The summed E-state index contributed by atoms with van der Waals surface area (Å²) in [6, 6.07) is 10.1. The maximum atomic E-state index is 9.89. The summed E-state index contributed by atoms with van der Waals surface area (Å²) in [7, 11) is 1.82. The highest BCUT2D eigenvalue weighted by atomic mass is 16.5. The second-order valence-electron chi connectivity index (χ2n) is 4.92. The van der Waals surface area contributed by atoms with Crippen molar-refractivity contribution in [3.8, 4) is 0 Å². The third kappa shape index (κ3) is 2.58. The fourth-order valence-electron chi connectivity index (χ4n) is 2.27. The predicted molar refractivity (Wildman–Crippen MR) is 84.9 cm³/mol. The number of imidazole rings is 1. The molecule has 0 bridgehead atoms. The topological polar surface area (TPSA) is 79.1 Å². The maximum Gasteiger partial charge on any atom is 0.231 e. The molecule has 22 heavy (non-hydrogen) atoms. The van der Waals surface area contributed by atoms with E-state index in [4.69, 9.17) is 0 Å². The molecule has 0 fully saturated rings. The minimum atomic E-state index is 0.442. The first kappa shape index (κ1) is 14.3. The fourth-order valence-corrected chi connectivity index (χ4v) is 2.27. The van der Waals surface area contributed by atoms with E-state index in [2.05, 4.69) is 20.3 Å². The van der Waals surface area contributed by atoms with Crippen LogP contribution in [0.25, 0.3) is 11.2 Å². The van der Waals surface area contributed by atoms with Crippen LogP contribution in [0.2, 0.25) is 0 Å². The summed E-state index contributed by atoms with van der Waals surface area (Å²) in [6.45, 7) is 2.94. The molecule has 0 aliphatic rings. The van der Waals surface area contributed by atoms with Crippen molar-refractivity contribution in [3.63, 3.8) is 0 Å². The average Bonchev–Trinajstić information content (AvgIpc) is 2.91. The Kier molecular flexibility index (Phi) is 3.88. The molecule has 0 aliphatic carbocycles. The van der Waals surface area contributed by atoms with E-state index in [1.165, 1.54) is 6.33 Å². The predicted octanol–water partition coefficient (Wildman–Crippen LogP) is 2.19. The molecule has 2 heterocycles. The van der Waals surface area contributed by atoms with Crippen molar-refractivity contribution in [2.45, 2.75) is 13.5 Å². The minimum absolute atomic E-state index is 0.442. The van der Waals surface area contributed by atoms with E-state index in [0.717, 1.165) is 10.6 Å². The molecule has 114 valence electrons. The number of rotatable bonds is 5. The average molecular weight is 298 g/mol. The Balaban J connectivity index is 1.93. The van der Waals surface area contributed by atoms with Gasteiger partial charge >= 0.3 is 0 Å². The number of hydrogen-bond donors (Lipinski definition) is 2. The van der Waals surface area contributed by atoms with Crippen molar-refractivity contribution in [1.82, 2.24) is 19.5 Å². The van der Waals surface area contributed by atoms with Gasteiger partial charge in [0.1, 0.15) is 6.33 Å². The van der Waals surface area contributed by atoms with Gasteiger partial charge in [-0.25, -0.2) is 20.0 Å². The SMILES string of the molecule is CCN(O)c1nc2c(NCc3ccccc3)ncnc2n1C. The van der Waals surface area contributed by atoms with E-state index in [1.807, 2.05) is 44.3 Å². The van der Waals surface area contributed by atoms with Crippen LogP contribution in [0.4, 0.5) is 11.8 Å². The molecule has 0 radical (unpaired) electrons. The fraction of sp³-hybridized carbons (Fsp3) is 0.267. The van der Waals surface area contributed by atoms with Gasteiger partial charge in [0.2, 0.25) is 5.95 Å². The van der Waals surface area contributed by atoms with Crippen molar-refractivity contribution < 1.29 is 5.21 Å². The number of anilines is 2. The quantitative estimate of drug-likeness (QED) is 0.703. The Morgan fingerprint density at radius 1 is 1.23 bits per heavy atom. The third-order valence-corrected chi connectivity index (χ3v) is 3.47.